The van der Waals surface area contributed by atoms with E-state index in [0.29, 0.717) is 0 Å². The van der Waals surface area contributed by atoms with Crippen LogP contribution >= 0.6 is 11.8 Å². The van der Waals surface area contributed by atoms with Crippen LogP contribution in [0.2, 0.25) is 0 Å². The van der Waals surface area contributed by atoms with Crippen molar-refractivity contribution in [3.05, 3.63) is 71.8 Å². The number of rotatable bonds is 5. The van der Waals surface area contributed by atoms with Gasteiger partial charge in [-0.3, -0.25) is 0 Å². The van der Waals surface area contributed by atoms with Gasteiger partial charge < -0.3 is 15.1 Å². The van der Waals surface area contributed by atoms with Gasteiger partial charge in [-0.15, -0.1) is 0 Å². The molecule has 2 aromatic rings. The molecule has 2 amide bonds. The van der Waals surface area contributed by atoms with Crippen LogP contribution in [0.3, 0.4) is 0 Å². The van der Waals surface area contributed by atoms with Gasteiger partial charge in [-0.2, -0.15) is 11.8 Å². The Kier molecular flexibility index (Phi) is 7.18. The Balaban J connectivity index is 1.82. The summed E-state index contributed by atoms with van der Waals surface area (Å²) in [4.78, 5) is 17.5. The molecule has 0 spiro atoms. The van der Waals surface area contributed by atoms with Crippen molar-refractivity contribution in [3.8, 4) is 0 Å². The monoisotopic (exact) mass is 383 g/mol. The summed E-state index contributed by atoms with van der Waals surface area (Å²) in [6.45, 7) is 1.70. The number of nitrogens with one attached hydrogen (secondary N) is 1. The zero-order chi connectivity index (χ0) is 19.1. The number of hydrogen-bond acceptors (Lipinski definition) is 3. The Morgan fingerprint density at radius 3 is 2.26 bits per heavy atom. The van der Waals surface area contributed by atoms with Gasteiger partial charge in [0.25, 0.3) is 0 Å². The van der Waals surface area contributed by atoms with Crippen LogP contribution in [0.1, 0.15) is 23.6 Å². The molecule has 0 radical (unpaired) electrons. The molecule has 0 saturated carbocycles. The first-order valence-corrected chi connectivity index (χ1v) is 10.7. The smallest absolute Gasteiger partial charge is 0.318 e. The third kappa shape index (κ3) is 5.50. The van der Waals surface area contributed by atoms with Gasteiger partial charge in [0.05, 0.1) is 12.1 Å². The fourth-order valence-electron chi connectivity index (χ4n) is 3.53. The molecule has 144 valence electrons. The average molecular weight is 384 g/mol. The molecule has 2 aromatic carbocycles. The van der Waals surface area contributed by atoms with Gasteiger partial charge in [-0.05, 0) is 37.4 Å². The fraction of sp³-hybridized carbons (Fsp3) is 0.409. The van der Waals surface area contributed by atoms with E-state index in [1.807, 2.05) is 53.1 Å². The molecule has 0 bridgehead atoms. The van der Waals surface area contributed by atoms with Gasteiger partial charge in [0.1, 0.15) is 0 Å². The number of nitrogens with zero attached hydrogens (tertiary/aromatic N) is 2. The van der Waals surface area contributed by atoms with Crippen molar-refractivity contribution >= 4 is 17.8 Å². The van der Waals surface area contributed by atoms with E-state index in [0.717, 1.165) is 42.1 Å². The molecule has 0 aromatic heterocycles. The lowest BCUT2D eigenvalue weighted by Gasteiger charge is -2.33. The minimum Gasteiger partial charge on any atom is -0.327 e. The highest BCUT2D eigenvalue weighted by molar-refractivity contribution is 7.99. The number of hydrogen-bond donors (Lipinski definition) is 1. The van der Waals surface area contributed by atoms with E-state index in [-0.39, 0.29) is 18.1 Å². The van der Waals surface area contributed by atoms with Crippen molar-refractivity contribution in [1.82, 2.24) is 15.1 Å². The van der Waals surface area contributed by atoms with Crippen LogP contribution in [-0.4, -0.2) is 60.6 Å². The molecule has 4 nitrogen and oxygen atoms in total. The van der Waals surface area contributed by atoms with Gasteiger partial charge >= 0.3 is 6.03 Å². The second-order valence-electron chi connectivity index (χ2n) is 7.24. The first-order chi connectivity index (χ1) is 13.1. The highest BCUT2D eigenvalue weighted by Gasteiger charge is 2.28. The lowest BCUT2D eigenvalue weighted by molar-refractivity contribution is 0.166. The van der Waals surface area contributed by atoms with Crippen molar-refractivity contribution in [2.75, 3.05) is 38.7 Å². The Morgan fingerprint density at radius 2 is 1.70 bits per heavy atom. The summed E-state index contributed by atoms with van der Waals surface area (Å²) >= 11 is 1.95. The molecule has 27 heavy (non-hydrogen) atoms. The SMILES string of the molecule is CN(C)CC1CSCCCN1C(=O)NC(c1ccccc1)c1ccccc1. The maximum absolute atomic E-state index is 13.3. The zero-order valence-corrected chi connectivity index (χ0v) is 17.0. The number of urea groups is 1. The van der Waals surface area contributed by atoms with Crippen LogP contribution in [0.15, 0.2) is 60.7 Å². The Bertz CT molecular complexity index is 669. The first kappa shape index (κ1) is 19.8. The van der Waals surface area contributed by atoms with Gasteiger partial charge in [0, 0.05) is 18.8 Å². The van der Waals surface area contributed by atoms with Crippen LogP contribution in [0.4, 0.5) is 4.79 Å². The summed E-state index contributed by atoms with van der Waals surface area (Å²) in [5.41, 5.74) is 2.20. The van der Waals surface area contributed by atoms with Crippen LogP contribution in [0.25, 0.3) is 0 Å². The number of likely N-dealkylation sites (N-methyl/N-ethyl adjacent to an activating group) is 1. The van der Waals surface area contributed by atoms with Crippen LogP contribution in [0.5, 0.6) is 0 Å². The highest BCUT2D eigenvalue weighted by Crippen LogP contribution is 2.23. The number of benzene rings is 2. The van der Waals surface area contributed by atoms with E-state index in [1.165, 1.54) is 0 Å². The quantitative estimate of drug-likeness (QED) is 0.852. The predicted molar refractivity (Wildman–Crippen MR) is 114 cm³/mol. The Labute approximate surface area is 166 Å². The van der Waals surface area contributed by atoms with E-state index < -0.39 is 0 Å². The minimum absolute atomic E-state index is 0.0297. The normalized spacial score (nSPS) is 17.8. The number of carbonyl (C=O) groups excluding carboxylic acids is 1. The molecule has 1 aliphatic rings. The topological polar surface area (TPSA) is 35.6 Å². The van der Waals surface area contributed by atoms with E-state index in [9.17, 15) is 4.79 Å². The second kappa shape index (κ2) is 9.81. The van der Waals surface area contributed by atoms with Crippen LogP contribution in [-0.2, 0) is 0 Å². The lowest BCUT2D eigenvalue weighted by atomic mass is 9.99. The molecule has 3 rings (SSSR count). The third-order valence-corrected chi connectivity index (χ3v) is 6.01. The van der Waals surface area contributed by atoms with E-state index >= 15 is 0 Å². The third-order valence-electron chi connectivity index (χ3n) is 4.81. The molecule has 1 atom stereocenters. The molecule has 1 unspecified atom stereocenters. The summed E-state index contributed by atoms with van der Waals surface area (Å²) < 4.78 is 0. The van der Waals surface area contributed by atoms with Crippen molar-refractivity contribution in [1.29, 1.82) is 0 Å². The van der Waals surface area contributed by atoms with E-state index in [4.69, 9.17) is 0 Å². The number of thioether (sulfide) groups is 1. The summed E-state index contributed by atoms with van der Waals surface area (Å²) in [6.07, 6.45) is 1.04. The minimum atomic E-state index is -0.143. The lowest BCUT2D eigenvalue weighted by Crippen LogP contribution is -2.51. The summed E-state index contributed by atoms with van der Waals surface area (Å²) in [6, 6.07) is 20.5. The van der Waals surface area contributed by atoms with Crippen LogP contribution in [0, 0.1) is 0 Å². The van der Waals surface area contributed by atoms with E-state index in [1.54, 1.807) is 0 Å². The molecule has 5 heteroatoms. The second-order valence-corrected chi connectivity index (χ2v) is 8.39. The molecule has 1 fully saturated rings. The number of amides is 2. The largest absolute Gasteiger partial charge is 0.327 e. The summed E-state index contributed by atoms with van der Waals surface area (Å²) in [5, 5.41) is 3.31. The zero-order valence-electron chi connectivity index (χ0n) is 16.2. The number of carbonyl (C=O) groups is 1. The summed E-state index contributed by atoms with van der Waals surface area (Å²) in [5.74, 6) is 2.11. The van der Waals surface area contributed by atoms with E-state index in [2.05, 4.69) is 48.6 Å². The fourth-order valence-corrected chi connectivity index (χ4v) is 4.58. The van der Waals surface area contributed by atoms with Crippen molar-refractivity contribution in [2.24, 2.45) is 0 Å². The van der Waals surface area contributed by atoms with Crippen molar-refractivity contribution in [3.63, 3.8) is 0 Å². The van der Waals surface area contributed by atoms with Gasteiger partial charge in [-0.25, -0.2) is 4.79 Å². The van der Waals surface area contributed by atoms with Crippen molar-refractivity contribution < 1.29 is 4.79 Å². The molecule has 1 aliphatic heterocycles. The van der Waals surface area contributed by atoms with Gasteiger partial charge in [0.15, 0.2) is 0 Å². The molecule has 1 heterocycles. The first-order valence-electron chi connectivity index (χ1n) is 9.54. The Morgan fingerprint density at radius 1 is 1.11 bits per heavy atom. The van der Waals surface area contributed by atoms with Crippen molar-refractivity contribution in [2.45, 2.75) is 18.5 Å². The standard InChI is InChI=1S/C22H29N3OS/c1-24(2)16-20-17-27-15-9-14-25(20)22(26)23-21(18-10-5-3-6-11-18)19-12-7-4-8-13-19/h3-8,10-13,20-21H,9,14-17H2,1-2H3,(H,23,26). The molecular formula is C22H29N3OS. The molecule has 0 aliphatic carbocycles. The summed E-state index contributed by atoms with van der Waals surface area (Å²) in [7, 11) is 4.14. The van der Waals surface area contributed by atoms with Gasteiger partial charge in [-0.1, -0.05) is 60.7 Å². The molecule has 1 N–H and O–H groups in total. The maximum atomic E-state index is 13.3. The predicted octanol–water partition coefficient (Wildman–Crippen LogP) is 3.85. The average Bonchev–Trinajstić information content (AvgIpc) is 2.92. The highest BCUT2D eigenvalue weighted by atomic mass is 32.2. The molecular weight excluding hydrogens is 354 g/mol. The maximum Gasteiger partial charge on any atom is 0.318 e. The Hall–Kier alpha value is -1.98. The molecule has 1 saturated heterocycles. The van der Waals surface area contributed by atoms with Gasteiger partial charge in [0.2, 0.25) is 0 Å². The van der Waals surface area contributed by atoms with Crippen LogP contribution < -0.4 is 5.32 Å².